The Morgan fingerprint density at radius 2 is 2.19 bits per heavy atom. The highest BCUT2D eigenvalue weighted by molar-refractivity contribution is 8.00. The van der Waals surface area contributed by atoms with Crippen LogP contribution in [0.1, 0.15) is 12.8 Å². The van der Waals surface area contributed by atoms with Crippen molar-refractivity contribution in [1.82, 2.24) is 15.2 Å². The highest BCUT2D eigenvalue weighted by Gasteiger charge is 2.53. The molecule has 2 amide bonds. The van der Waals surface area contributed by atoms with Crippen molar-refractivity contribution in [2.24, 2.45) is 5.16 Å². The quantitative estimate of drug-likeness (QED) is 0.227. The number of oxime groups is 1. The summed E-state index contributed by atoms with van der Waals surface area (Å²) in [6, 6.07) is -0.775. The lowest BCUT2D eigenvalue weighted by atomic mass is 10.0. The largest absolute Gasteiger partial charge is 0.543 e. The van der Waals surface area contributed by atoms with Crippen LogP contribution >= 0.6 is 23.1 Å². The maximum absolute atomic E-state index is 12.5. The number of likely N-dealkylation sites (N-methyl/N-ethyl adjacent to an activating group) is 1. The molecule has 32 heavy (non-hydrogen) atoms. The third-order valence-electron chi connectivity index (χ3n) is 5.48. The first-order valence-electron chi connectivity index (χ1n) is 9.99. The van der Waals surface area contributed by atoms with Gasteiger partial charge < -0.3 is 30.3 Å². The van der Waals surface area contributed by atoms with Crippen molar-refractivity contribution in [2.45, 2.75) is 24.3 Å². The summed E-state index contributed by atoms with van der Waals surface area (Å²) < 4.78 is 0.785. The van der Waals surface area contributed by atoms with E-state index in [9.17, 15) is 19.5 Å². The van der Waals surface area contributed by atoms with Gasteiger partial charge in [0.2, 0.25) is 0 Å². The number of β-lactam (4-membered cyclic amide) rings is 1. The molecule has 2 fully saturated rings. The molecule has 2 atom stereocenters. The molecular formula is C19H26N6O5S2. The molecule has 0 bridgehead atoms. The molecule has 174 valence electrons. The first-order chi connectivity index (χ1) is 15.3. The number of amides is 2. The maximum Gasteiger partial charge on any atom is 0.266 e. The third-order valence-corrected chi connectivity index (χ3v) is 7.43. The van der Waals surface area contributed by atoms with Crippen molar-refractivity contribution in [1.29, 1.82) is 0 Å². The van der Waals surface area contributed by atoms with E-state index in [-0.39, 0.29) is 5.70 Å². The smallest absolute Gasteiger partial charge is 0.266 e. The van der Waals surface area contributed by atoms with Gasteiger partial charge in [-0.3, -0.25) is 14.5 Å². The van der Waals surface area contributed by atoms with E-state index in [0.717, 1.165) is 42.2 Å². The van der Waals surface area contributed by atoms with E-state index < -0.39 is 29.2 Å². The standard InChI is InChI=1S/C16H22N4O5S.C3H4N2S/c1-20(5-3-4-6-20)8-10-9-26-15-12(18-11(21)7-17-25-2)14(22)19(15)13(10)16(23)24;4-3-5-1-2-6-3/h7,12,15H,3-6,8-9H2,1-2H3,(H-,18,21,23,24);1-2H,(H2,4,5)/b17-7+;. The van der Waals surface area contributed by atoms with E-state index in [2.05, 4.69) is 27.3 Å². The Morgan fingerprint density at radius 1 is 1.47 bits per heavy atom. The normalized spacial score (nSPS) is 23.8. The summed E-state index contributed by atoms with van der Waals surface area (Å²) >= 11 is 2.90. The SMILES string of the molecule is CO/N=C/C(=O)NC1C(=O)N2C(C(=O)[O-])=C(C[N+]3(C)CCCC3)CSC12.Nc1nccs1. The van der Waals surface area contributed by atoms with Crippen LogP contribution < -0.4 is 16.2 Å². The summed E-state index contributed by atoms with van der Waals surface area (Å²) in [5.41, 5.74) is 5.89. The number of rotatable bonds is 6. The van der Waals surface area contributed by atoms with Gasteiger partial charge in [-0.2, -0.15) is 0 Å². The molecule has 4 rings (SSSR count). The number of carbonyl (C=O) groups excluding carboxylic acids is 3. The van der Waals surface area contributed by atoms with Gasteiger partial charge in [0.25, 0.3) is 11.8 Å². The second-order valence-corrected chi connectivity index (χ2v) is 9.89. The van der Waals surface area contributed by atoms with E-state index in [1.165, 1.54) is 35.1 Å². The number of nitrogen functional groups attached to an aromatic ring is 1. The lowest BCUT2D eigenvalue weighted by Crippen LogP contribution is -2.71. The molecule has 1 aromatic rings. The van der Waals surface area contributed by atoms with Crippen molar-refractivity contribution in [3.63, 3.8) is 0 Å². The van der Waals surface area contributed by atoms with Gasteiger partial charge in [-0.05, 0) is 0 Å². The molecule has 4 heterocycles. The fourth-order valence-electron chi connectivity index (χ4n) is 4.04. The molecule has 0 spiro atoms. The number of thioether (sulfide) groups is 1. The van der Waals surface area contributed by atoms with Crippen LogP contribution in [-0.4, -0.2) is 89.3 Å². The minimum Gasteiger partial charge on any atom is -0.543 e. The van der Waals surface area contributed by atoms with Crippen molar-refractivity contribution in [3.8, 4) is 0 Å². The van der Waals surface area contributed by atoms with E-state index in [4.69, 9.17) is 5.73 Å². The van der Waals surface area contributed by atoms with Gasteiger partial charge in [-0.25, -0.2) is 4.98 Å². The predicted molar refractivity (Wildman–Crippen MR) is 119 cm³/mol. The number of anilines is 1. The molecule has 11 nitrogen and oxygen atoms in total. The van der Waals surface area contributed by atoms with Gasteiger partial charge in [-0.15, -0.1) is 23.1 Å². The van der Waals surface area contributed by atoms with E-state index in [1.54, 1.807) is 6.20 Å². The molecule has 0 aliphatic carbocycles. The number of carbonyl (C=O) groups is 3. The van der Waals surface area contributed by atoms with Gasteiger partial charge >= 0.3 is 0 Å². The minimum atomic E-state index is -1.34. The number of aromatic nitrogens is 1. The van der Waals surface area contributed by atoms with Crippen LogP contribution in [0.2, 0.25) is 0 Å². The molecule has 2 unspecified atom stereocenters. The van der Waals surface area contributed by atoms with Crippen LogP contribution in [0.25, 0.3) is 0 Å². The summed E-state index contributed by atoms with van der Waals surface area (Å²) in [4.78, 5) is 45.3. The van der Waals surface area contributed by atoms with Gasteiger partial charge in [0, 0.05) is 35.7 Å². The Kier molecular flexibility index (Phi) is 7.74. The third kappa shape index (κ3) is 5.40. The zero-order valence-electron chi connectivity index (χ0n) is 17.9. The number of thiazole rings is 1. The van der Waals surface area contributed by atoms with Crippen molar-refractivity contribution < 1.29 is 28.8 Å². The van der Waals surface area contributed by atoms with E-state index in [0.29, 0.717) is 17.4 Å². The molecule has 13 heteroatoms. The minimum absolute atomic E-state index is 0.0268. The monoisotopic (exact) mass is 482 g/mol. The zero-order chi connectivity index (χ0) is 23.3. The Morgan fingerprint density at radius 3 is 2.72 bits per heavy atom. The van der Waals surface area contributed by atoms with Crippen molar-refractivity contribution in [3.05, 3.63) is 22.8 Å². The fourth-order valence-corrected chi connectivity index (χ4v) is 5.75. The number of nitrogens with one attached hydrogen (secondary N) is 1. The van der Waals surface area contributed by atoms with Crippen LogP contribution in [0.5, 0.6) is 0 Å². The number of hydrogen-bond donors (Lipinski definition) is 2. The summed E-state index contributed by atoms with van der Waals surface area (Å²) in [5, 5.41) is 19.7. The first-order valence-corrected chi connectivity index (χ1v) is 11.9. The number of quaternary nitrogens is 1. The maximum atomic E-state index is 12.5. The van der Waals surface area contributed by atoms with E-state index in [1.807, 2.05) is 5.38 Å². The molecule has 2 saturated heterocycles. The van der Waals surface area contributed by atoms with Crippen LogP contribution in [0.3, 0.4) is 0 Å². The lowest BCUT2D eigenvalue weighted by Gasteiger charge is -2.51. The van der Waals surface area contributed by atoms with Gasteiger partial charge in [0.05, 0.1) is 31.8 Å². The summed E-state index contributed by atoms with van der Waals surface area (Å²) in [5.74, 6) is -1.84. The van der Waals surface area contributed by atoms with Crippen molar-refractivity contribution >= 4 is 52.2 Å². The summed E-state index contributed by atoms with van der Waals surface area (Å²) in [6.45, 7) is 2.61. The number of carboxylic acid groups (broad SMARTS) is 1. The predicted octanol–water partition coefficient (Wildman–Crippen LogP) is -1.01. The Hall–Kier alpha value is -2.64. The highest BCUT2D eigenvalue weighted by atomic mass is 32.2. The molecule has 0 aromatic carbocycles. The molecule has 0 saturated carbocycles. The van der Waals surface area contributed by atoms with E-state index >= 15 is 0 Å². The average molecular weight is 483 g/mol. The number of fused-ring (bicyclic) bond motifs is 1. The number of aliphatic carboxylic acids is 1. The molecule has 1 aromatic heterocycles. The van der Waals surface area contributed by atoms with Crippen LogP contribution in [0.4, 0.5) is 5.13 Å². The molecule has 3 N–H and O–H groups in total. The van der Waals surface area contributed by atoms with Gasteiger partial charge in [0.1, 0.15) is 31.3 Å². The number of nitrogens with two attached hydrogens (primary N) is 1. The fraction of sp³-hybridized carbons (Fsp3) is 0.526. The van der Waals surface area contributed by atoms with Crippen molar-refractivity contribution in [2.75, 3.05) is 45.3 Å². The number of likely N-dealkylation sites (tertiary alicyclic amines) is 1. The number of hydrogen-bond acceptors (Lipinski definition) is 10. The van der Waals surface area contributed by atoms with Gasteiger partial charge in [0.15, 0.2) is 5.13 Å². The first kappa shape index (κ1) is 24.0. The summed E-state index contributed by atoms with van der Waals surface area (Å²) in [7, 11) is 3.42. The Labute approximate surface area is 193 Å². The lowest BCUT2D eigenvalue weighted by molar-refractivity contribution is -0.893. The highest BCUT2D eigenvalue weighted by Crippen LogP contribution is 2.40. The topological polar surface area (TPSA) is 150 Å². The molecule has 3 aliphatic heterocycles. The van der Waals surface area contributed by atoms with Gasteiger partial charge in [-0.1, -0.05) is 5.16 Å². The Bertz CT molecular complexity index is 913. The second kappa shape index (κ2) is 10.3. The molecular weight excluding hydrogens is 456 g/mol. The number of nitrogens with zero attached hydrogens (tertiary/aromatic N) is 4. The second-order valence-electron chi connectivity index (χ2n) is 7.86. The van der Waals surface area contributed by atoms with Crippen LogP contribution in [-0.2, 0) is 19.2 Å². The zero-order valence-corrected chi connectivity index (χ0v) is 19.5. The molecule has 0 radical (unpaired) electrons. The average Bonchev–Trinajstić information content (AvgIpc) is 3.41. The van der Waals surface area contributed by atoms with Crippen LogP contribution in [0, 0.1) is 0 Å². The van der Waals surface area contributed by atoms with Crippen LogP contribution in [0.15, 0.2) is 28.0 Å². The Balaban J connectivity index is 0.000000416. The molecule has 3 aliphatic rings. The summed E-state index contributed by atoms with van der Waals surface area (Å²) in [6.07, 6.45) is 4.86. The number of carboxylic acids is 1.